The Hall–Kier alpha value is 1.56. The van der Waals surface area contributed by atoms with Crippen LogP contribution >= 0.6 is 0 Å². The second-order valence-electron chi connectivity index (χ2n) is 5.95. The zero-order valence-electron chi connectivity index (χ0n) is 12.6. The summed E-state index contributed by atoms with van der Waals surface area (Å²) in [4.78, 5) is 0. The zero-order valence-corrected chi connectivity index (χ0v) is 16.8. The molecule has 98 valence electrons. The SMILES string of the molecule is CCC[CH2][Sn]([CH2]CCC)([CH2]CCC)[CH]1CC1.[Mg]. The van der Waals surface area contributed by atoms with Gasteiger partial charge in [-0.15, -0.1) is 0 Å². The van der Waals surface area contributed by atoms with Crippen molar-refractivity contribution in [2.45, 2.75) is 89.4 Å². The Morgan fingerprint density at radius 2 is 1.12 bits per heavy atom. The van der Waals surface area contributed by atoms with E-state index >= 15 is 0 Å². The van der Waals surface area contributed by atoms with Gasteiger partial charge in [0.05, 0.1) is 0 Å². The van der Waals surface area contributed by atoms with Crippen LogP contribution in [0.5, 0.6) is 0 Å². The monoisotopic (exact) mass is 356 g/mol. The van der Waals surface area contributed by atoms with Gasteiger partial charge in [0, 0.05) is 23.1 Å². The molecule has 1 aliphatic carbocycles. The van der Waals surface area contributed by atoms with E-state index in [4.69, 9.17) is 0 Å². The first-order valence-corrected chi connectivity index (χ1v) is 15.5. The molecule has 0 aliphatic heterocycles. The molecule has 0 nitrogen and oxygen atoms in total. The van der Waals surface area contributed by atoms with Crippen LogP contribution in [-0.2, 0) is 0 Å². The van der Waals surface area contributed by atoms with Crippen molar-refractivity contribution in [3.8, 4) is 0 Å². The van der Waals surface area contributed by atoms with Gasteiger partial charge in [-0.25, -0.2) is 0 Å². The fourth-order valence-electron chi connectivity index (χ4n) is 3.27. The van der Waals surface area contributed by atoms with Gasteiger partial charge in [-0.1, -0.05) is 0 Å². The molecule has 1 saturated carbocycles. The summed E-state index contributed by atoms with van der Waals surface area (Å²) in [6.07, 6.45) is 12.2. The predicted molar refractivity (Wildman–Crippen MR) is 83.6 cm³/mol. The van der Waals surface area contributed by atoms with E-state index in [1.807, 2.05) is 0 Å². The Kier molecular flexibility index (Phi) is 11.3. The molecule has 0 heterocycles. The first-order valence-electron chi connectivity index (χ1n) is 7.79. The topological polar surface area (TPSA) is 0 Å². The van der Waals surface area contributed by atoms with Crippen LogP contribution in [0.15, 0.2) is 0 Å². The van der Waals surface area contributed by atoms with Crippen LogP contribution in [0.3, 0.4) is 0 Å². The molecule has 0 atom stereocenters. The standard InChI is InChI=1S/3C4H9.C3H5.Mg.Sn/c3*1-3-4-2;1-2-3-1;;/h3*1,3-4H2,2H3;1H,2-3H2;;. The smallest absolute Gasteiger partial charge is 0 e. The summed E-state index contributed by atoms with van der Waals surface area (Å²) in [5.74, 6) is 0. The fraction of sp³-hybridized carbons (Fsp3) is 1.00. The molecule has 17 heavy (non-hydrogen) atoms. The largest absolute Gasteiger partial charge is 0 e. The summed E-state index contributed by atoms with van der Waals surface area (Å²) in [5, 5.41) is 0. The van der Waals surface area contributed by atoms with Gasteiger partial charge in [0.25, 0.3) is 0 Å². The maximum Gasteiger partial charge on any atom is 0 e. The van der Waals surface area contributed by atoms with Crippen molar-refractivity contribution in [2.75, 3.05) is 0 Å². The average molecular weight is 355 g/mol. The molecule has 0 bridgehead atoms. The third-order valence-corrected chi connectivity index (χ3v) is 22.7. The summed E-state index contributed by atoms with van der Waals surface area (Å²) < 4.78 is 6.51. The Bertz CT molecular complexity index is 156. The molecule has 1 aliphatic rings. The van der Waals surface area contributed by atoms with E-state index in [2.05, 4.69) is 20.8 Å². The van der Waals surface area contributed by atoms with E-state index in [0.717, 1.165) is 0 Å². The van der Waals surface area contributed by atoms with Crippen molar-refractivity contribution in [1.82, 2.24) is 0 Å². The van der Waals surface area contributed by atoms with Crippen LogP contribution in [0.25, 0.3) is 0 Å². The summed E-state index contributed by atoms with van der Waals surface area (Å²) in [7, 11) is 0. The number of unbranched alkanes of at least 4 members (excludes halogenated alkanes) is 3. The Morgan fingerprint density at radius 3 is 1.35 bits per heavy atom. The molecule has 0 amide bonds. The van der Waals surface area contributed by atoms with Crippen LogP contribution in [-0.4, -0.2) is 41.4 Å². The van der Waals surface area contributed by atoms with Gasteiger partial charge in [0.15, 0.2) is 0 Å². The van der Waals surface area contributed by atoms with Crippen LogP contribution < -0.4 is 0 Å². The summed E-state index contributed by atoms with van der Waals surface area (Å²) in [6.45, 7) is 7.13. The van der Waals surface area contributed by atoms with Gasteiger partial charge in [-0.2, -0.15) is 0 Å². The third-order valence-electron chi connectivity index (χ3n) is 4.53. The second kappa shape index (κ2) is 10.4. The molecule has 0 aromatic carbocycles. The normalized spacial score (nSPS) is 15.7. The molecular weight excluding hydrogens is 323 g/mol. The van der Waals surface area contributed by atoms with E-state index in [1.54, 1.807) is 45.4 Å². The minimum Gasteiger partial charge on any atom is 0 e. The Morgan fingerprint density at radius 1 is 0.765 bits per heavy atom. The number of rotatable bonds is 10. The van der Waals surface area contributed by atoms with Crippen LogP contribution in [0.1, 0.15) is 72.1 Å². The average Bonchev–Trinajstić information content (AvgIpc) is 3.13. The first kappa shape index (κ1) is 18.6. The van der Waals surface area contributed by atoms with Crippen LogP contribution in [0.4, 0.5) is 0 Å². The molecule has 0 unspecified atom stereocenters. The Balaban J connectivity index is 0.00000256. The second-order valence-corrected chi connectivity index (χ2v) is 20.3. The molecular formula is C15H32MgSn. The molecule has 0 spiro atoms. The molecule has 0 saturated heterocycles. The van der Waals surface area contributed by atoms with Gasteiger partial charge in [-0.3, -0.25) is 0 Å². The van der Waals surface area contributed by atoms with E-state index in [1.165, 1.54) is 23.2 Å². The van der Waals surface area contributed by atoms with E-state index in [-0.39, 0.29) is 23.1 Å². The van der Waals surface area contributed by atoms with Gasteiger partial charge in [-0.05, 0) is 0 Å². The van der Waals surface area contributed by atoms with Gasteiger partial charge in [0.1, 0.15) is 0 Å². The molecule has 2 radical (unpaired) electrons. The summed E-state index contributed by atoms with van der Waals surface area (Å²) >= 11 is -1.64. The number of hydrogen-bond donors (Lipinski definition) is 0. The molecule has 1 rings (SSSR count). The minimum absolute atomic E-state index is 0. The van der Waals surface area contributed by atoms with Crippen molar-refractivity contribution in [2.24, 2.45) is 0 Å². The Labute approximate surface area is 130 Å². The maximum atomic E-state index is 2.38. The van der Waals surface area contributed by atoms with Gasteiger partial charge in [0.2, 0.25) is 0 Å². The van der Waals surface area contributed by atoms with E-state index < -0.39 is 18.4 Å². The van der Waals surface area contributed by atoms with Crippen molar-refractivity contribution in [1.29, 1.82) is 0 Å². The van der Waals surface area contributed by atoms with Crippen molar-refractivity contribution >= 4 is 41.4 Å². The van der Waals surface area contributed by atoms with E-state index in [0.29, 0.717) is 0 Å². The first-order chi connectivity index (χ1) is 7.79. The molecule has 0 N–H and O–H groups in total. The third kappa shape index (κ3) is 6.51. The van der Waals surface area contributed by atoms with Gasteiger partial charge >= 0.3 is 108 Å². The number of hydrogen-bond acceptors (Lipinski definition) is 0. The van der Waals surface area contributed by atoms with Crippen molar-refractivity contribution < 1.29 is 0 Å². The predicted octanol–water partition coefficient (Wildman–Crippen LogP) is 5.62. The van der Waals surface area contributed by atoms with Gasteiger partial charge < -0.3 is 0 Å². The molecule has 2 heteroatoms. The van der Waals surface area contributed by atoms with Crippen LogP contribution in [0.2, 0.25) is 17.2 Å². The zero-order chi connectivity index (χ0) is 11.9. The van der Waals surface area contributed by atoms with Crippen molar-refractivity contribution in [3.05, 3.63) is 0 Å². The summed E-state index contributed by atoms with van der Waals surface area (Å²) in [5.41, 5.74) is 0. The molecule has 0 aromatic rings. The van der Waals surface area contributed by atoms with E-state index in [9.17, 15) is 0 Å². The summed E-state index contributed by atoms with van der Waals surface area (Å²) in [6, 6.07) is 0. The van der Waals surface area contributed by atoms with Crippen molar-refractivity contribution in [3.63, 3.8) is 0 Å². The van der Waals surface area contributed by atoms with Crippen LogP contribution in [0, 0.1) is 0 Å². The maximum absolute atomic E-state index is 2.38. The molecule has 1 fully saturated rings. The fourth-order valence-corrected chi connectivity index (χ4v) is 21.9. The molecule has 0 aromatic heterocycles. The quantitative estimate of drug-likeness (QED) is 0.446. The minimum atomic E-state index is -1.64.